The van der Waals surface area contributed by atoms with E-state index in [-0.39, 0.29) is 11.7 Å². The Hall–Kier alpha value is -3.24. The number of fused-ring (bicyclic) bond motifs is 3. The van der Waals surface area contributed by atoms with Crippen molar-refractivity contribution in [3.8, 4) is 6.07 Å². The van der Waals surface area contributed by atoms with E-state index in [1.807, 2.05) is 36.4 Å². The number of nitriles is 1. The average molecular weight is 471 g/mol. The summed E-state index contributed by atoms with van der Waals surface area (Å²) >= 11 is 1.53. The SMILES string of the molecule is CCCCC[n+]1nc(SCc2ccccc2C#N)nc2c1c1ccccc1n2CC(=O)C1CC1. The number of carbonyl (C=O) groups is 1. The average Bonchev–Trinajstić information content (AvgIpc) is 3.68. The molecule has 6 nitrogen and oxygen atoms in total. The van der Waals surface area contributed by atoms with Crippen LogP contribution >= 0.6 is 11.8 Å². The van der Waals surface area contributed by atoms with Crippen molar-refractivity contribution in [1.82, 2.24) is 14.6 Å². The van der Waals surface area contributed by atoms with Crippen LogP contribution in [0.15, 0.2) is 53.7 Å². The summed E-state index contributed by atoms with van der Waals surface area (Å²) in [7, 11) is 0. The fourth-order valence-corrected chi connectivity index (χ4v) is 5.23. The van der Waals surface area contributed by atoms with Crippen molar-refractivity contribution in [1.29, 1.82) is 5.26 Å². The maximum atomic E-state index is 12.8. The first-order valence-electron chi connectivity index (χ1n) is 12.0. The molecule has 1 fully saturated rings. The highest BCUT2D eigenvalue weighted by atomic mass is 32.2. The van der Waals surface area contributed by atoms with Gasteiger partial charge in [-0.3, -0.25) is 4.79 Å². The number of thioether (sulfide) groups is 1. The van der Waals surface area contributed by atoms with E-state index in [4.69, 9.17) is 10.1 Å². The van der Waals surface area contributed by atoms with Crippen molar-refractivity contribution >= 4 is 39.6 Å². The third-order valence-corrected chi connectivity index (χ3v) is 7.28. The molecule has 0 unspecified atom stereocenters. The van der Waals surface area contributed by atoms with Gasteiger partial charge in [0.05, 0.1) is 29.1 Å². The largest absolute Gasteiger partial charge is 0.312 e. The minimum Gasteiger partial charge on any atom is -0.312 e. The van der Waals surface area contributed by atoms with Crippen LogP contribution < -0.4 is 4.68 Å². The standard InChI is InChI=1S/C27H28N5OS/c1-2-3-8-15-32-25-22-11-6-7-12-23(22)31(17-24(33)19-13-14-19)26(25)29-27(30-32)34-18-21-10-5-4-9-20(21)16-28/h4-7,9-12,19H,2-3,8,13-15,17-18H2,1H3/q+1. The number of aryl methyl sites for hydroxylation is 1. The second-order valence-electron chi connectivity index (χ2n) is 8.90. The van der Waals surface area contributed by atoms with Crippen LogP contribution in [0.1, 0.15) is 50.2 Å². The molecule has 172 valence electrons. The third kappa shape index (κ3) is 4.55. The lowest BCUT2D eigenvalue weighted by Crippen LogP contribution is -2.40. The molecular formula is C27H28N5OS+. The molecule has 2 heterocycles. The maximum Gasteiger partial charge on any atom is 0.284 e. The molecule has 1 aliphatic carbocycles. The molecule has 2 aromatic carbocycles. The van der Waals surface area contributed by atoms with Gasteiger partial charge in [0.25, 0.3) is 10.7 Å². The highest BCUT2D eigenvalue weighted by molar-refractivity contribution is 7.98. The predicted octanol–water partition coefficient (Wildman–Crippen LogP) is 5.21. The number of para-hydroxylation sites is 1. The van der Waals surface area contributed by atoms with Gasteiger partial charge in [-0.1, -0.05) is 60.1 Å². The van der Waals surface area contributed by atoms with E-state index >= 15 is 0 Å². The molecule has 4 aromatic rings. The number of hydrogen-bond donors (Lipinski definition) is 0. The van der Waals surface area contributed by atoms with Crippen molar-refractivity contribution in [2.45, 2.75) is 63.0 Å². The summed E-state index contributed by atoms with van der Waals surface area (Å²) < 4.78 is 4.16. The van der Waals surface area contributed by atoms with Crippen molar-refractivity contribution in [3.63, 3.8) is 0 Å². The Morgan fingerprint density at radius 2 is 1.97 bits per heavy atom. The summed E-state index contributed by atoms with van der Waals surface area (Å²) in [4.78, 5) is 17.8. The van der Waals surface area contributed by atoms with Crippen LogP contribution in [0.25, 0.3) is 22.1 Å². The molecule has 2 aromatic heterocycles. The molecular weight excluding hydrogens is 442 g/mol. The molecule has 5 rings (SSSR count). The van der Waals surface area contributed by atoms with Crippen LogP contribution in [-0.4, -0.2) is 20.4 Å². The second kappa shape index (κ2) is 9.94. The van der Waals surface area contributed by atoms with Gasteiger partial charge < -0.3 is 4.57 Å². The van der Waals surface area contributed by atoms with E-state index in [2.05, 4.69) is 34.4 Å². The summed E-state index contributed by atoms with van der Waals surface area (Å²) in [6, 6.07) is 18.1. The van der Waals surface area contributed by atoms with Gasteiger partial charge in [-0.15, -0.1) is 0 Å². The van der Waals surface area contributed by atoms with Crippen molar-refractivity contribution in [2.24, 2.45) is 5.92 Å². The van der Waals surface area contributed by atoms with Gasteiger partial charge in [-0.25, -0.2) is 0 Å². The minimum absolute atomic E-state index is 0.200. The summed E-state index contributed by atoms with van der Waals surface area (Å²) in [6.45, 7) is 3.35. The number of rotatable bonds is 10. The molecule has 0 N–H and O–H groups in total. The van der Waals surface area contributed by atoms with Crippen LogP contribution in [0.4, 0.5) is 0 Å². The van der Waals surface area contributed by atoms with E-state index < -0.39 is 0 Å². The van der Waals surface area contributed by atoms with Crippen molar-refractivity contribution in [3.05, 3.63) is 59.7 Å². The Morgan fingerprint density at radius 1 is 1.18 bits per heavy atom. The van der Waals surface area contributed by atoms with E-state index in [1.54, 1.807) is 0 Å². The first kappa shape index (κ1) is 22.5. The van der Waals surface area contributed by atoms with Gasteiger partial charge in [-0.2, -0.15) is 10.2 Å². The molecule has 7 heteroatoms. The highest BCUT2D eigenvalue weighted by Crippen LogP contribution is 2.33. The topological polar surface area (TPSA) is 75.5 Å². The smallest absolute Gasteiger partial charge is 0.284 e. The van der Waals surface area contributed by atoms with Crippen LogP contribution in [0.3, 0.4) is 0 Å². The molecule has 0 amide bonds. The summed E-state index contributed by atoms with van der Waals surface area (Å²) in [6.07, 6.45) is 5.31. The zero-order valence-electron chi connectivity index (χ0n) is 19.4. The fourth-order valence-electron chi connectivity index (χ4n) is 4.39. The molecule has 0 aliphatic heterocycles. The van der Waals surface area contributed by atoms with Crippen LogP contribution in [0.2, 0.25) is 0 Å². The maximum absolute atomic E-state index is 12.8. The normalized spacial score (nSPS) is 13.4. The molecule has 1 saturated carbocycles. The number of unbranched alkanes of at least 4 members (excludes halogenated alkanes) is 2. The van der Waals surface area contributed by atoms with Gasteiger partial charge >= 0.3 is 0 Å². The number of Topliss-reactive ketones (excluding diaryl/α,β-unsaturated/α-hetero) is 1. The highest BCUT2D eigenvalue weighted by Gasteiger charge is 2.32. The zero-order valence-corrected chi connectivity index (χ0v) is 20.2. The fraction of sp³-hybridized carbons (Fsp3) is 0.370. The van der Waals surface area contributed by atoms with E-state index in [0.717, 1.165) is 66.3 Å². The number of aromatic nitrogens is 4. The Labute approximate surface area is 203 Å². The Bertz CT molecular complexity index is 1400. The summed E-state index contributed by atoms with van der Waals surface area (Å²) in [5.41, 5.74) is 4.49. The van der Waals surface area contributed by atoms with Gasteiger partial charge in [0, 0.05) is 23.2 Å². The van der Waals surface area contributed by atoms with Crippen LogP contribution in [-0.2, 0) is 23.6 Å². The molecule has 0 radical (unpaired) electrons. The second-order valence-corrected chi connectivity index (χ2v) is 9.84. The molecule has 0 spiro atoms. The molecule has 1 aliphatic rings. The summed E-state index contributed by atoms with van der Waals surface area (Å²) in [5.74, 6) is 1.10. The van der Waals surface area contributed by atoms with Crippen molar-refractivity contribution in [2.75, 3.05) is 0 Å². The zero-order chi connectivity index (χ0) is 23.5. The van der Waals surface area contributed by atoms with E-state index in [0.29, 0.717) is 23.0 Å². The van der Waals surface area contributed by atoms with Gasteiger partial charge in [0.2, 0.25) is 5.65 Å². The Kier molecular flexibility index (Phi) is 6.59. The van der Waals surface area contributed by atoms with Gasteiger partial charge in [-0.05, 0) is 43.0 Å². The van der Waals surface area contributed by atoms with Crippen molar-refractivity contribution < 1.29 is 9.48 Å². The van der Waals surface area contributed by atoms with E-state index in [9.17, 15) is 10.1 Å². The third-order valence-electron chi connectivity index (χ3n) is 6.40. The Balaban J connectivity index is 1.59. The first-order valence-corrected chi connectivity index (χ1v) is 13.0. The van der Waals surface area contributed by atoms with Gasteiger partial charge in [0.1, 0.15) is 0 Å². The summed E-state index contributed by atoms with van der Waals surface area (Å²) in [5, 5.41) is 16.1. The predicted molar refractivity (Wildman–Crippen MR) is 133 cm³/mol. The monoisotopic (exact) mass is 470 g/mol. The van der Waals surface area contributed by atoms with Crippen LogP contribution in [0, 0.1) is 17.2 Å². The van der Waals surface area contributed by atoms with E-state index in [1.165, 1.54) is 11.8 Å². The Morgan fingerprint density at radius 3 is 2.76 bits per heavy atom. The number of benzene rings is 2. The molecule has 34 heavy (non-hydrogen) atoms. The lowest BCUT2D eigenvalue weighted by atomic mass is 10.1. The number of hydrogen-bond acceptors (Lipinski definition) is 5. The lowest BCUT2D eigenvalue weighted by molar-refractivity contribution is -0.733. The van der Waals surface area contributed by atoms with Gasteiger partial charge in [0.15, 0.2) is 12.3 Å². The first-order chi connectivity index (χ1) is 16.7. The molecule has 0 saturated heterocycles. The lowest BCUT2D eigenvalue weighted by Gasteiger charge is -2.06. The number of nitrogens with zero attached hydrogens (tertiary/aromatic N) is 5. The molecule has 0 bridgehead atoms. The minimum atomic E-state index is 0.200. The molecule has 0 atom stereocenters. The number of ketones is 1. The number of carbonyl (C=O) groups excluding carboxylic acids is 1. The van der Waals surface area contributed by atoms with Crippen LogP contribution in [0.5, 0.6) is 0 Å². The quantitative estimate of drug-likeness (QED) is 0.181.